The minimum atomic E-state index is -1.01. The van der Waals surface area contributed by atoms with Gasteiger partial charge in [-0.15, -0.1) is 0 Å². The summed E-state index contributed by atoms with van der Waals surface area (Å²) in [7, 11) is 1.88. The number of nitrogens with one attached hydrogen (secondary N) is 1. The summed E-state index contributed by atoms with van der Waals surface area (Å²) < 4.78 is 0. The summed E-state index contributed by atoms with van der Waals surface area (Å²) in [4.78, 5) is 24.9. The Balaban J connectivity index is 2.07. The van der Waals surface area contributed by atoms with Gasteiger partial charge in [0.1, 0.15) is 0 Å². The molecule has 1 unspecified atom stereocenters. The third kappa shape index (κ3) is 3.27. The summed E-state index contributed by atoms with van der Waals surface area (Å²) in [5.74, 6) is -1.13. The lowest BCUT2D eigenvalue weighted by Gasteiger charge is -2.18. The van der Waals surface area contributed by atoms with Crippen molar-refractivity contribution in [1.82, 2.24) is 4.90 Å². The molecule has 19 heavy (non-hydrogen) atoms. The van der Waals surface area contributed by atoms with Gasteiger partial charge < -0.3 is 10.4 Å². The van der Waals surface area contributed by atoms with Crippen LogP contribution in [0.2, 0.25) is 0 Å². The van der Waals surface area contributed by atoms with Gasteiger partial charge in [0.25, 0.3) is 0 Å². The lowest BCUT2D eigenvalue weighted by atomic mass is 10.1. The zero-order valence-corrected chi connectivity index (χ0v) is 11.4. The number of nitrogens with zero attached hydrogens (tertiary/aromatic N) is 1. The summed E-state index contributed by atoms with van der Waals surface area (Å²) >= 11 is 4.38. The molecule has 1 fully saturated rings. The number of carbonyl (C=O) groups excluding carboxylic acids is 1. The van der Waals surface area contributed by atoms with Crippen LogP contribution in [0.25, 0.3) is 0 Å². The van der Waals surface area contributed by atoms with Crippen molar-refractivity contribution in [1.29, 1.82) is 0 Å². The van der Waals surface area contributed by atoms with Crippen LogP contribution in [0, 0.1) is 0 Å². The lowest BCUT2D eigenvalue weighted by Crippen LogP contribution is -2.37. The summed E-state index contributed by atoms with van der Waals surface area (Å²) in [5.41, 5.74) is 0.658. The molecule has 0 radical (unpaired) electrons. The number of carboxylic acid groups (broad SMARTS) is 1. The normalized spacial score (nSPS) is 23.3. The molecule has 0 saturated carbocycles. The molecule has 1 heterocycles. The minimum absolute atomic E-state index is 0.124. The Labute approximate surface area is 117 Å². The van der Waals surface area contributed by atoms with Crippen molar-refractivity contribution in [3.8, 4) is 0 Å². The van der Waals surface area contributed by atoms with E-state index in [1.54, 1.807) is 12.1 Å². The zero-order valence-electron chi connectivity index (χ0n) is 10.5. The van der Waals surface area contributed by atoms with Gasteiger partial charge in [-0.25, -0.2) is 4.79 Å². The number of amides is 1. The van der Waals surface area contributed by atoms with Crippen LogP contribution in [0.1, 0.15) is 16.8 Å². The number of rotatable bonds is 3. The molecule has 1 aliphatic rings. The van der Waals surface area contributed by atoms with Crippen LogP contribution >= 0.6 is 12.6 Å². The van der Waals surface area contributed by atoms with Crippen LogP contribution in [0.3, 0.4) is 0 Å². The Morgan fingerprint density at radius 2 is 2.21 bits per heavy atom. The molecule has 0 bridgehead atoms. The number of carbonyl (C=O) groups is 2. The first-order valence-corrected chi connectivity index (χ1v) is 6.51. The molecule has 0 spiro atoms. The highest BCUT2D eigenvalue weighted by Crippen LogP contribution is 2.21. The van der Waals surface area contributed by atoms with E-state index in [2.05, 4.69) is 17.9 Å². The van der Waals surface area contributed by atoms with Crippen molar-refractivity contribution >= 4 is 30.2 Å². The van der Waals surface area contributed by atoms with Crippen LogP contribution in [-0.4, -0.2) is 46.8 Å². The van der Waals surface area contributed by atoms with Crippen molar-refractivity contribution in [2.45, 2.75) is 17.7 Å². The van der Waals surface area contributed by atoms with E-state index in [0.717, 1.165) is 6.54 Å². The second kappa shape index (κ2) is 5.63. The average Bonchev–Trinajstić information content (AvgIpc) is 2.69. The summed E-state index contributed by atoms with van der Waals surface area (Å²) in [6.07, 6.45) is 0.698. The van der Waals surface area contributed by atoms with Gasteiger partial charge in [0.15, 0.2) is 0 Å². The third-order valence-electron chi connectivity index (χ3n) is 3.21. The number of hydrogen-bond acceptors (Lipinski definition) is 4. The molecule has 1 aromatic carbocycles. The number of anilines is 1. The van der Waals surface area contributed by atoms with Crippen molar-refractivity contribution < 1.29 is 14.7 Å². The van der Waals surface area contributed by atoms with Crippen LogP contribution < -0.4 is 5.32 Å². The molecule has 0 aromatic heterocycles. The summed E-state index contributed by atoms with van der Waals surface area (Å²) in [6, 6.07) is 6.02. The van der Waals surface area contributed by atoms with Crippen molar-refractivity contribution in [2.75, 3.05) is 18.9 Å². The maximum atomic E-state index is 12.1. The predicted octanol–water partition coefficient (Wildman–Crippen LogP) is 1.33. The fourth-order valence-corrected chi connectivity index (χ4v) is 2.69. The highest BCUT2D eigenvalue weighted by molar-refractivity contribution is 7.81. The fraction of sp³-hybridized carbons (Fsp3) is 0.385. The monoisotopic (exact) mass is 280 g/mol. The topological polar surface area (TPSA) is 69.6 Å². The van der Waals surface area contributed by atoms with E-state index in [1.165, 1.54) is 12.1 Å². The molecule has 102 valence electrons. The van der Waals surface area contributed by atoms with E-state index in [4.69, 9.17) is 5.11 Å². The molecule has 5 nitrogen and oxygen atoms in total. The van der Waals surface area contributed by atoms with Gasteiger partial charge in [0.2, 0.25) is 5.91 Å². The molecule has 2 N–H and O–H groups in total. The number of benzene rings is 1. The van der Waals surface area contributed by atoms with Gasteiger partial charge in [0.05, 0.1) is 11.6 Å². The van der Waals surface area contributed by atoms with Crippen LogP contribution in [0.4, 0.5) is 5.69 Å². The molecule has 0 aliphatic carbocycles. The Kier molecular flexibility index (Phi) is 4.11. The molecule has 1 aliphatic heterocycles. The van der Waals surface area contributed by atoms with Crippen LogP contribution in [0.5, 0.6) is 0 Å². The highest BCUT2D eigenvalue weighted by Gasteiger charge is 2.32. The van der Waals surface area contributed by atoms with Crippen molar-refractivity contribution in [3.63, 3.8) is 0 Å². The Hall–Kier alpha value is -1.53. The van der Waals surface area contributed by atoms with Gasteiger partial charge in [-0.2, -0.15) is 12.6 Å². The van der Waals surface area contributed by atoms with E-state index in [9.17, 15) is 9.59 Å². The summed E-state index contributed by atoms with van der Waals surface area (Å²) in [6.45, 7) is 0.774. The lowest BCUT2D eigenvalue weighted by molar-refractivity contribution is -0.119. The first-order chi connectivity index (χ1) is 8.97. The van der Waals surface area contributed by atoms with E-state index in [1.807, 2.05) is 11.9 Å². The van der Waals surface area contributed by atoms with Crippen molar-refractivity contribution in [2.24, 2.45) is 0 Å². The van der Waals surface area contributed by atoms with Gasteiger partial charge >= 0.3 is 5.97 Å². The summed E-state index contributed by atoms with van der Waals surface area (Å²) in [5, 5.41) is 11.9. The van der Waals surface area contributed by atoms with E-state index < -0.39 is 5.97 Å². The maximum absolute atomic E-state index is 12.1. The van der Waals surface area contributed by atoms with Gasteiger partial charge in [-0.1, -0.05) is 6.07 Å². The number of thiol groups is 1. The number of likely N-dealkylation sites (N-methyl/N-ethyl adjacent to an activating group) is 1. The average molecular weight is 280 g/mol. The van der Waals surface area contributed by atoms with Gasteiger partial charge in [0, 0.05) is 17.5 Å². The molecule has 1 saturated heterocycles. The van der Waals surface area contributed by atoms with Gasteiger partial charge in [-0.3, -0.25) is 9.69 Å². The zero-order chi connectivity index (χ0) is 14.0. The number of hydrogen-bond donors (Lipinski definition) is 3. The molecular formula is C13H16N2O3S. The standard InChI is InChI=1S/C13H16N2O3S/c1-15-7-10(19)6-11(15)12(16)14-9-4-2-3-8(5-9)13(17)18/h2-5,10-11,19H,6-7H2,1H3,(H,14,16)(H,17,18)/t10-,11?/m0/s1. The van der Waals surface area contributed by atoms with Crippen LogP contribution in [-0.2, 0) is 4.79 Å². The van der Waals surface area contributed by atoms with Gasteiger partial charge in [-0.05, 0) is 31.7 Å². The molecular weight excluding hydrogens is 264 g/mol. The minimum Gasteiger partial charge on any atom is -0.478 e. The number of aromatic carboxylic acids is 1. The second-order valence-electron chi connectivity index (χ2n) is 4.72. The smallest absolute Gasteiger partial charge is 0.335 e. The molecule has 6 heteroatoms. The molecule has 1 aromatic rings. The molecule has 2 atom stereocenters. The first kappa shape index (κ1) is 13.9. The Morgan fingerprint density at radius 3 is 2.79 bits per heavy atom. The van der Waals surface area contributed by atoms with E-state index in [-0.39, 0.29) is 22.8 Å². The highest BCUT2D eigenvalue weighted by atomic mass is 32.1. The van der Waals surface area contributed by atoms with E-state index >= 15 is 0 Å². The fourth-order valence-electron chi connectivity index (χ4n) is 2.23. The molecule has 2 rings (SSSR count). The van der Waals surface area contributed by atoms with E-state index in [0.29, 0.717) is 12.1 Å². The first-order valence-electron chi connectivity index (χ1n) is 6.00. The SMILES string of the molecule is CN1C[C@@H](S)CC1C(=O)Nc1cccc(C(=O)O)c1. The maximum Gasteiger partial charge on any atom is 0.335 e. The largest absolute Gasteiger partial charge is 0.478 e. The Morgan fingerprint density at radius 1 is 1.47 bits per heavy atom. The molecule has 1 amide bonds. The Bertz CT molecular complexity index is 506. The predicted molar refractivity (Wildman–Crippen MR) is 75.8 cm³/mol. The quantitative estimate of drug-likeness (QED) is 0.731. The third-order valence-corrected chi connectivity index (χ3v) is 3.58. The second-order valence-corrected chi connectivity index (χ2v) is 5.45. The number of likely N-dealkylation sites (tertiary alicyclic amines) is 1. The van der Waals surface area contributed by atoms with Crippen LogP contribution in [0.15, 0.2) is 24.3 Å². The van der Waals surface area contributed by atoms with Crippen molar-refractivity contribution in [3.05, 3.63) is 29.8 Å². The number of carboxylic acids is 1.